The van der Waals surface area contributed by atoms with Gasteiger partial charge < -0.3 is 0 Å². The van der Waals surface area contributed by atoms with E-state index in [1.54, 1.807) is 12.1 Å². The first-order chi connectivity index (χ1) is 11.3. The van der Waals surface area contributed by atoms with Crippen LogP contribution in [0.3, 0.4) is 0 Å². The average molecular weight is 361 g/mol. The predicted molar refractivity (Wildman–Crippen MR) is 100 cm³/mol. The molecule has 0 N–H and O–H groups in total. The summed E-state index contributed by atoms with van der Waals surface area (Å²) in [5.74, 6) is 0.763. The van der Waals surface area contributed by atoms with Gasteiger partial charge in [-0.25, -0.2) is 8.42 Å². The summed E-state index contributed by atoms with van der Waals surface area (Å²) in [5, 5.41) is 0.733. The van der Waals surface area contributed by atoms with E-state index in [1.807, 2.05) is 24.3 Å². The molecule has 0 fully saturated rings. The third kappa shape index (κ3) is 3.28. The molecule has 0 saturated heterocycles. The Bertz CT molecular complexity index is 878. The Labute approximate surface area is 149 Å². The lowest BCUT2D eigenvalue weighted by molar-refractivity contribution is 0.564. The second-order valence-electron chi connectivity index (χ2n) is 6.70. The van der Waals surface area contributed by atoms with Gasteiger partial charge in [-0.15, -0.1) is 0 Å². The number of sulfone groups is 1. The fourth-order valence-electron chi connectivity index (χ4n) is 3.73. The summed E-state index contributed by atoms with van der Waals surface area (Å²) in [5.41, 5.74) is 5.09. The van der Waals surface area contributed by atoms with Crippen LogP contribution in [0.1, 0.15) is 37.3 Å². The summed E-state index contributed by atoms with van der Waals surface area (Å²) in [4.78, 5) is 0.366. The highest BCUT2D eigenvalue weighted by atomic mass is 35.5. The number of halogens is 1. The molecule has 0 radical (unpaired) electrons. The van der Waals surface area contributed by atoms with E-state index in [-0.39, 0.29) is 5.92 Å². The maximum atomic E-state index is 11.7. The average Bonchev–Trinajstić information content (AvgIpc) is 2.82. The van der Waals surface area contributed by atoms with E-state index in [2.05, 4.69) is 26.0 Å². The summed E-state index contributed by atoms with van der Waals surface area (Å²) < 4.78 is 23.4. The van der Waals surface area contributed by atoms with Crippen molar-refractivity contribution >= 4 is 27.0 Å². The molecular weight excluding hydrogens is 340 g/mol. The predicted octanol–water partition coefficient (Wildman–Crippen LogP) is 5.34. The fourth-order valence-corrected chi connectivity index (χ4v) is 4.49. The van der Waals surface area contributed by atoms with Gasteiger partial charge in [0.15, 0.2) is 9.84 Å². The molecule has 4 heteroatoms. The van der Waals surface area contributed by atoms with Gasteiger partial charge in [-0.05, 0) is 60.2 Å². The van der Waals surface area contributed by atoms with Crippen LogP contribution >= 0.6 is 11.6 Å². The highest BCUT2D eigenvalue weighted by Gasteiger charge is 2.32. The SMILES string of the molecule is CC1=C(c2ccc(Cl)cc2)C(c2ccc(S(C)(=O)=O)cc2)C(C)C1. The van der Waals surface area contributed by atoms with Gasteiger partial charge in [0.05, 0.1) is 4.90 Å². The number of rotatable bonds is 3. The molecule has 2 aromatic carbocycles. The molecule has 2 nitrogen and oxygen atoms in total. The van der Waals surface area contributed by atoms with Crippen molar-refractivity contribution in [2.75, 3.05) is 6.26 Å². The van der Waals surface area contributed by atoms with E-state index in [0.717, 1.165) is 17.0 Å². The van der Waals surface area contributed by atoms with Crippen molar-refractivity contribution in [3.63, 3.8) is 0 Å². The molecule has 3 rings (SSSR count). The van der Waals surface area contributed by atoms with Gasteiger partial charge >= 0.3 is 0 Å². The minimum atomic E-state index is -3.16. The van der Waals surface area contributed by atoms with Gasteiger partial charge in [-0.3, -0.25) is 0 Å². The van der Waals surface area contributed by atoms with E-state index >= 15 is 0 Å². The van der Waals surface area contributed by atoms with Crippen molar-refractivity contribution in [2.24, 2.45) is 5.92 Å². The molecule has 1 aliphatic carbocycles. The van der Waals surface area contributed by atoms with E-state index < -0.39 is 9.84 Å². The van der Waals surface area contributed by atoms with Gasteiger partial charge in [0, 0.05) is 17.2 Å². The molecule has 0 spiro atoms. The van der Waals surface area contributed by atoms with E-state index in [4.69, 9.17) is 11.6 Å². The molecular formula is C20H21ClO2S. The fraction of sp³-hybridized carbons (Fsp3) is 0.300. The van der Waals surface area contributed by atoms with Crippen LogP contribution in [0.2, 0.25) is 5.02 Å². The van der Waals surface area contributed by atoms with Crippen LogP contribution in [0.4, 0.5) is 0 Å². The maximum Gasteiger partial charge on any atom is 0.175 e. The molecule has 2 atom stereocenters. The normalized spacial score (nSPS) is 21.3. The molecule has 2 unspecified atom stereocenters. The smallest absolute Gasteiger partial charge is 0.175 e. The Morgan fingerprint density at radius 2 is 1.58 bits per heavy atom. The Morgan fingerprint density at radius 1 is 1.00 bits per heavy atom. The lowest BCUT2D eigenvalue weighted by Crippen LogP contribution is -2.07. The molecule has 0 amide bonds. The van der Waals surface area contributed by atoms with Crippen LogP contribution in [0.5, 0.6) is 0 Å². The molecule has 0 heterocycles. The lowest BCUT2D eigenvalue weighted by atomic mass is 9.83. The molecule has 24 heavy (non-hydrogen) atoms. The van der Waals surface area contributed by atoms with Crippen molar-refractivity contribution in [2.45, 2.75) is 31.1 Å². The van der Waals surface area contributed by atoms with Crippen LogP contribution in [0.25, 0.3) is 5.57 Å². The third-order valence-electron chi connectivity index (χ3n) is 4.79. The standard InChI is InChI=1S/C20H21ClO2S/c1-13-12-14(2)20(19(13)15-4-8-17(21)9-5-15)16-6-10-18(11-7-16)24(3,22)23/h4-11,14,20H,12H2,1-3H3. The summed E-state index contributed by atoms with van der Waals surface area (Å²) in [6.07, 6.45) is 2.29. The maximum absolute atomic E-state index is 11.7. The van der Waals surface area contributed by atoms with Crippen LogP contribution in [0, 0.1) is 5.92 Å². The number of benzene rings is 2. The molecule has 1 aliphatic rings. The van der Waals surface area contributed by atoms with Gasteiger partial charge in [0.1, 0.15) is 0 Å². The molecule has 0 aliphatic heterocycles. The minimum absolute atomic E-state index is 0.278. The number of hydrogen-bond donors (Lipinski definition) is 0. The molecule has 0 bridgehead atoms. The zero-order valence-corrected chi connectivity index (χ0v) is 15.7. The van der Waals surface area contributed by atoms with Crippen LogP contribution in [0.15, 0.2) is 59.0 Å². The monoisotopic (exact) mass is 360 g/mol. The van der Waals surface area contributed by atoms with Gasteiger partial charge in [-0.1, -0.05) is 48.4 Å². The molecule has 126 valence electrons. The van der Waals surface area contributed by atoms with Crippen molar-refractivity contribution < 1.29 is 8.42 Å². The topological polar surface area (TPSA) is 34.1 Å². The zero-order chi connectivity index (χ0) is 17.5. The van der Waals surface area contributed by atoms with Crippen LogP contribution in [-0.2, 0) is 9.84 Å². The summed E-state index contributed by atoms with van der Waals surface area (Å²) in [7, 11) is -3.16. The molecule has 0 aromatic heterocycles. The number of hydrogen-bond acceptors (Lipinski definition) is 2. The first kappa shape index (κ1) is 17.2. The van der Waals surface area contributed by atoms with E-state index in [9.17, 15) is 8.42 Å². The Kier molecular flexibility index (Phi) is 4.58. The highest BCUT2D eigenvalue weighted by Crippen LogP contribution is 2.48. The second kappa shape index (κ2) is 6.38. The first-order valence-corrected chi connectivity index (χ1v) is 10.3. The number of allylic oxidation sites excluding steroid dienone is 2. The third-order valence-corrected chi connectivity index (χ3v) is 6.17. The molecule has 2 aromatic rings. The van der Waals surface area contributed by atoms with Gasteiger partial charge in [0.2, 0.25) is 0 Å². The van der Waals surface area contributed by atoms with Crippen LogP contribution < -0.4 is 0 Å². The lowest BCUT2D eigenvalue weighted by Gasteiger charge is -2.21. The summed E-state index contributed by atoms with van der Waals surface area (Å²) >= 11 is 6.02. The van der Waals surface area contributed by atoms with Crippen molar-refractivity contribution in [3.05, 3.63) is 70.3 Å². The Morgan fingerprint density at radius 3 is 2.12 bits per heavy atom. The Hall–Kier alpha value is -1.58. The van der Waals surface area contributed by atoms with Crippen LogP contribution in [-0.4, -0.2) is 14.7 Å². The highest BCUT2D eigenvalue weighted by molar-refractivity contribution is 7.90. The molecule has 0 saturated carbocycles. The quantitative estimate of drug-likeness (QED) is 0.740. The first-order valence-electron chi connectivity index (χ1n) is 8.03. The van der Waals surface area contributed by atoms with Crippen molar-refractivity contribution in [1.29, 1.82) is 0 Å². The second-order valence-corrected chi connectivity index (χ2v) is 9.15. The van der Waals surface area contributed by atoms with Crippen molar-refractivity contribution in [1.82, 2.24) is 0 Å². The summed E-state index contributed by atoms with van der Waals surface area (Å²) in [6, 6.07) is 15.3. The summed E-state index contributed by atoms with van der Waals surface area (Å²) in [6.45, 7) is 4.44. The largest absolute Gasteiger partial charge is 0.224 e. The Balaban J connectivity index is 2.03. The van der Waals surface area contributed by atoms with Gasteiger partial charge in [-0.2, -0.15) is 0 Å². The minimum Gasteiger partial charge on any atom is -0.224 e. The van der Waals surface area contributed by atoms with Gasteiger partial charge in [0.25, 0.3) is 0 Å². The van der Waals surface area contributed by atoms with E-state index in [1.165, 1.54) is 23.0 Å². The zero-order valence-electron chi connectivity index (χ0n) is 14.1. The van der Waals surface area contributed by atoms with E-state index in [0.29, 0.717) is 10.8 Å². The van der Waals surface area contributed by atoms with Crippen molar-refractivity contribution in [3.8, 4) is 0 Å².